The maximum absolute atomic E-state index is 9.30. The van der Waals surface area contributed by atoms with Crippen molar-refractivity contribution in [2.45, 2.75) is 25.4 Å². The predicted octanol–water partition coefficient (Wildman–Crippen LogP) is 2.81. The lowest BCUT2D eigenvalue weighted by Crippen LogP contribution is -2.41. The van der Waals surface area contributed by atoms with Crippen molar-refractivity contribution in [1.82, 2.24) is 19.4 Å². The first-order valence-electron chi connectivity index (χ1n) is 8.93. The Morgan fingerprint density at radius 3 is 2.84 bits per heavy atom. The Hall–Kier alpha value is -2.16. The summed E-state index contributed by atoms with van der Waals surface area (Å²) in [7, 11) is 6.45. The predicted molar refractivity (Wildman–Crippen MR) is 98.8 cm³/mol. The second-order valence-electron chi connectivity index (χ2n) is 7.22. The molecule has 1 aliphatic heterocycles. The quantitative estimate of drug-likeness (QED) is 0.842. The van der Waals surface area contributed by atoms with Crippen LogP contribution in [-0.4, -0.2) is 46.5 Å². The third-order valence-electron chi connectivity index (χ3n) is 5.29. The third kappa shape index (κ3) is 3.92. The van der Waals surface area contributed by atoms with E-state index in [1.807, 2.05) is 30.7 Å². The normalized spacial score (nSPS) is 21.4. The van der Waals surface area contributed by atoms with Gasteiger partial charge in [-0.25, -0.2) is 4.98 Å². The zero-order chi connectivity index (χ0) is 17.8. The van der Waals surface area contributed by atoms with Gasteiger partial charge in [0.15, 0.2) is 0 Å². The van der Waals surface area contributed by atoms with Gasteiger partial charge in [0.1, 0.15) is 0 Å². The van der Waals surface area contributed by atoms with Crippen LogP contribution in [0, 0.1) is 17.2 Å². The van der Waals surface area contributed by atoms with Crippen molar-refractivity contribution >= 4 is 0 Å². The highest BCUT2D eigenvalue weighted by molar-refractivity contribution is 5.37. The second kappa shape index (κ2) is 7.81. The van der Waals surface area contributed by atoms with E-state index in [1.54, 1.807) is 0 Å². The minimum atomic E-state index is 0.398. The smallest absolute Gasteiger partial charge is 0.0995 e. The van der Waals surface area contributed by atoms with Crippen LogP contribution in [0.1, 0.15) is 35.7 Å². The number of rotatable bonds is 5. The zero-order valence-electron chi connectivity index (χ0n) is 15.4. The maximum Gasteiger partial charge on any atom is 0.0995 e. The van der Waals surface area contributed by atoms with Crippen molar-refractivity contribution in [2.75, 3.05) is 27.2 Å². The molecule has 2 atom stereocenters. The van der Waals surface area contributed by atoms with Gasteiger partial charge in [-0.05, 0) is 51.0 Å². The van der Waals surface area contributed by atoms with Gasteiger partial charge in [0.05, 0.1) is 29.7 Å². The fraction of sp³-hybridized carbons (Fsp3) is 0.500. The summed E-state index contributed by atoms with van der Waals surface area (Å²) in [6.07, 6.45) is 6.36. The molecule has 5 nitrogen and oxygen atoms in total. The lowest BCUT2D eigenvalue weighted by molar-refractivity contribution is 0.0880. The first kappa shape index (κ1) is 17.7. The molecule has 1 aromatic heterocycles. The molecule has 3 rings (SSSR count). The Balaban J connectivity index is 1.73. The van der Waals surface area contributed by atoms with Crippen molar-refractivity contribution in [3.63, 3.8) is 0 Å². The van der Waals surface area contributed by atoms with Crippen LogP contribution < -0.4 is 0 Å². The number of piperidine rings is 1. The minimum Gasteiger partial charge on any atom is -0.336 e. The van der Waals surface area contributed by atoms with Crippen molar-refractivity contribution in [3.05, 3.63) is 53.6 Å². The molecule has 132 valence electrons. The molecule has 2 heterocycles. The van der Waals surface area contributed by atoms with Gasteiger partial charge in [-0.2, -0.15) is 5.26 Å². The maximum atomic E-state index is 9.30. The van der Waals surface area contributed by atoms with Crippen LogP contribution in [-0.2, 0) is 13.6 Å². The molecule has 1 aliphatic rings. The second-order valence-corrected chi connectivity index (χ2v) is 7.22. The Kier molecular flexibility index (Phi) is 5.52. The van der Waals surface area contributed by atoms with Gasteiger partial charge in [0.2, 0.25) is 0 Å². The minimum absolute atomic E-state index is 0.398. The van der Waals surface area contributed by atoms with E-state index in [1.165, 1.54) is 18.5 Å². The van der Waals surface area contributed by atoms with Crippen LogP contribution in [0.15, 0.2) is 36.8 Å². The molecule has 0 aliphatic carbocycles. The van der Waals surface area contributed by atoms with Gasteiger partial charge in [-0.1, -0.05) is 18.2 Å². The number of hydrogen-bond donors (Lipinski definition) is 0. The molecule has 2 aromatic rings. The average Bonchev–Trinajstić information content (AvgIpc) is 3.01. The number of nitrogens with zero attached hydrogens (tertiary/aromatic N) is 5. The van der Waals surface area contributed by atoms with Gasteiger partial charge >= 0.3 is 0 Å². The monoisotopic (exact) mass is 337 g/mol. The molecule has 1 aromatic carbocycles. The number of aromatic nitrogens is 2. The van der Waals surface area contributed by atoms with Gasteiger partial charge in [-0.3, -0.25) is 4.90 Å². The molecule has 0 unspecified atom stereocenters. The van der Waals surface area contributed by atoms with Crippen molar-refractivity contribution in [2.24, 2.45) is 13.0 Å². The summed E-state index contributed by atoms with van der Waals surface area (Å²) < 4.78 is 2.14. The first-order chi connectivity index (χ1) is 12.1. The first-order valence-corrected chi connectivity index (χ1v) is 8.93. The Morgan fingerprint density at radius 1 is 1.32 bits per heavy atom. The molecule has 1 saturated heterocycles. The molecule has 0 bridgehead atoms. The molecule has 0 radical (unpaired) electrons. The van der Waals surface area contributed by atoms with E-state index in [0.29, 0.717) is 12.0 Å². The van der Waals surface area contributed by atoms with Crippen LogP contribution in [0.2, 0.25) is 0 Å². The van der Waals surface area contributed by atoms with E-state index in [9.17, 15) is 5.26 Å². The summed E-state index contributed by atoms with van der Waals surface area (Å²) >= 11 is 0. The third-order valence-corrected chi connectivity index (χ3v) is 5.29. The van der Waals surface area contributed by atoms with E-state index in [2.05, 4.69) is 52.6 Å². The van der Waals surface area contributed by atoms with E-state index in [0.717, 1.165) is 30.8 Å². The standard InChI is InChI=1S/C20H27N5/c1-23(13-17-8-5-4-7-16(17)11-21)14-18-9-6-10-24(2)20(18)19-12-22-15-25(19)3/h4-5,7-8,12,15,18,20H,6,9-10,13-14H2,1-3H3/t18-,20+/m0/s1. The summed E-state index contributed by atoms with van der Waals surface area (Å²) in [6.45, 7) is 2.95. The van der Waals surface area contributed by atoms with Gasteiger partial charge in [0, 0.05) is 26.3 Å². The number of imidazole rings is 1. The summed E-state index contributed by atoms with van der Waals surface area (Å²) in [5.74, 6) is 0.563. The lowest BCUT2D eigenvalue weighted by Gasteiger charge is -2.40. The van der Waals surface area contributed by atoms with Crippen LogP contribution >= 0.6 is 0 Å². The van der Waals surface area contributed by atoms with E-state index in [-0.39, 0.29) is 0 Å². The molecule has 0 N–H and O–H groups in total. The Labute approximate surface area is 150 Å². The van der Waals surface area contributed by atoms with Crippen molar-refractivity contribution in [1.29, 1.82) is 5.26 Å². The molecular weight excluding hydrogens is 310 g/mol. The molecule has 0 amide bonds. The highest BCUT2D eigenvalue weighted by Crippen LogP contribution is 2.35. The highest BCUT2D eigenvalue weighted by atomic mass is 15.2. The summed E-state index contributed by atoms with van der Waals surface area (Å²) in [4.78, 5) is 9.13. The molecule has 0 saturated carbocycles. The SMILES string of the molecule is CN(Cc1ccccc1C#N)C[C@@H]1CCCN(C)[C@H]1c1cncn1C. The van der Waals surface area contributed by atoms with E-state index < -0.39 is 0 Å². The van der Waals surface area contributed by atoms with Crippen molar-refractivity contribution in [3.8, 4) is 6.07 Å². The average molecular weight is 337 g/mol. The van der Waals surface area contributed by atoms with Crippen LogP contribution in [0.3, 0.4) is 0 Å². The molecule has 1 fully saturated rings. The fourth-order valence-corrected chi connectivity index (χ4v) is 4.09. The van der Waals surface area contributed by atoms with Gasteiger partial charge < -0.3 is 9.47 Å². The van der Waals surface area contributed by atoms with Gasteiger partial charge in [-0.15, -0.1) is 0 Å². The number of aryl methyl sites for hydroxylation is 1. The molecule has 0 spiro atoms. The van der Waals surface area contributed by atoms with Crippen LogP contribution in [0.4, 0.5) is 0 Å². The van der Waals surface area contributed by atoms with E-state index >= 15 is 0 Å². The summed E-state index contributed by atoms with van der Waals surface area (Å²) in [6, 6.07) is 10.6. The fourth-order valence-electron chi connectivity index (χ4n) is 4.09. The number of hydrogen-bond acceptors (Lipinski definition) is 4. The number of benzene rings is 1. The number of likely N-dealkylation sites (tertiary alicyclic amines) is 1. The lowest BCUT2D eigenvalue weighted by atomic mass is 9.87. The van der Waals surface area contributed by atoms with E-state index in [4.69, 9.17) is 0 Å². The molecule has 25 heavy (non-hydrogen) atoms. The number of nitriles is 1. The van der Waals surface area contributed by atoms with Crippen LogP contribution in [0.5, 0.6) is 0 Å². The summed E-state index contributed by atoms with van der Waals surface area (Å²) in [5.41, 5.74) is 3.17. The molecular formula is C20H27N5. The Morgan fingerprint density at radius 2 is 2.12 bits per heavy atom. The van der Waals surface area contributed by atoms with Crippen LogP contribution in [0.25, 0.3) is 0 Å². The van der Waals surface area contributed by atoms with Crippen molar-refractivity contribution < 1.29 is 0 Å². The Bertz CT molecular complexity index is 745. The molecule has 5 heteroatoms. The zero-order valence-corrected chi connectivity index (χ0v) is 15.4. The summed E-state index contributed by atoms with van der Waals surface area (Å²) in [5, 5.41) is 9.30. The van der Waals surface area contributed by atoms with Gasteiger partial charge in [0.25, 0.3) is 0 Å². The topological polar surface area (TPSA) is 48.1 Å². The highest BCUT2D eigenvalue weighted by Gasteiger charge is 2.32. The largest absolute Gasteiger partial charge is 0.336 e.